The van der Waals surface area contributed by atoms with Gasteiger partial charge in [0, 0.05) is 17.1 Å². The van der Waals surface area contributed by atoms with E-state index in [-0.39, 0.29) is 0 Å². The van der Waals surface area contributed by atoms with Crippen molar-refractivity contribution in [1.29, 1.82) is 0 Å². The SMILES string of the molecule is Cc1cc2cccc(N)c2n1C(C)C. The molecule has 74 valence electrons. The minimum absolute atomic E-state index is 0.456. The molecule has 2 aromatic rings. The molecule has 1 heterocycles. The van der Waals surface area contributed by atoms with Crippen LogP contribution in [0.25, 0.3) is 10.9 Å². The molecule has 0 aliphatic heterocycles. The number of nitrogens with zero attached hydrogens (tertiary/aromatic N) is 1. The van der Waals surface area contributed by atoms with Gasteiger partial charge >= 0.3 is 0 Å². The summed E-state index contributed by atoms with van der Waals surface area (Å²) in [4.78, 5) is 0. The van der Waals surface area contributed by atoms with Crippen LogP contribution in [0.2, 0.25) is 0 Å². The van der Waals surface area contributed by atoms with E-state index in [1.807, 2.05) is 12.1 Å². The lowest BCUT2D eigenvalue weighted by molar-refractivity contribution is 0.608. The van der Waals surface area contributed by atoms with Gasteiger partial charge in [0.05, 0.1) is 11.2 Å². The first-order chi connectivity index (χ1) is 6.61. The summed E-state index contributed by atoms with van der Waals surface area (Å²) in [6.07, 6.45) is 0. The Morgan fingerprint density at radius 1 is 1.29 bits per heavy atom. The van der Waals surface area contributed by atoms with Crippen molar-refractivity contribution in [3.63, 3.8) is 0 Å². The van der Waals surface area contributed by atoms with Gasteiger partial charge in [-0.05, 0) is 32.9 Å². The fourth-order valence-electron chi connectivity index (χ4n) is 2.11. The molecule has 2 rings (SSSR count). The smallest absolute Gasteiger partial charge is 0.0718 e. The van der Waals surface area contributed by atoms with Crippen LogP contribution in [0.1, 0.15) is 25.6 Å². The molecule has 0 amide bonds. The number of hydrogen-bond acceptors (Lipinski definition) is 1. The summed E-state index contributed by atoms with van der Waals surface area (Å²) in [5, 5.41) is 1.23. The maximum Gasteiger partial charge on any atom is 0.0718 e. The van der Waals surface area contributed by atoms with Crippen molar-refractivity contribution in [2.24, 2.45) is 0 Å². The van der Waals surface area contributed by atoms with Crippen molar-refractivity contribution >= 4 is 16.6 Å². The number of aromatic nitrogens is 1. The van der Waals surface area contributed by atoms with Crippen LogP contribution < -0.4 is 5.73 Å². The minimum Gasteiger partial charge on any atom is -0.397 e. The topological polar surface area (TPSA) is 30.9 Å². The maximum atomic E-state index is 5.99. The van der Waals surface area contributed by atoms with Gasteiger partial charge in [-0.1, -0.05) is 12.1 Å². The van der Waals surface area contributed by atoms with Gasteiger partial charge in [0.2, 0.25) is 0 Å². The van der Waals surface area contributed by atoms with E-state index in [4.69, 9.17) is 5.73 Å². The number of fused-ring (bicyclic) bond motifs is 1. The second-order valence-electron chi connectivity index (χ2n) is 4.03. The number of rotatable bonds is 1. The molecular weight excluding hydrogens is 172 g/mol. The number of para-hydroxylation sites is 1. The molecule has 0 aliphatic rings. The van der Waals surface area contributed by atoms with E-state index in [0.717, 1.165) is 5.69 Å². The standard InChI is InChI=1S/C12H16N2/c1-8(2)14-9(3)7-10-5-4-6-11(13)12(10)14/h4-8H,13H2,1-3H3. The van der Waals surface area contributed by atoms with Gasteiger partial charge in [-0.3, -0.25) is 0 Å². The quantitative estimate of drug-likeness (QED) is 0.685. The van der Waals surface area contributed by atoms with Gasteiger partial charge in [-0.2, -0.15) is 0 Å². The molecule has 0 bridgehead atoms. The highest BCUT2D eigenvalue weighted by Crippen LogP contribution is 2.27. The van der Waals surface area contributed by atoms with Gasteiger partial charge in [-0.15, -0.1) is 0 Å². The molecule has 1 aromatic carbocycles. The Hall–Kier alpha value is -1.44. The Kier molecular flexibility index (Phi) is 1.99. The Balaban J connectivity index is 2.86. The highest BCUT2D eigenvalue weighted by molar-refractivity contribution is 5.91. The molecule has 1 aromatic heterocycles. The van der Waals surface area contributed by atoms with Crippen molar-refractivity contribution in [2.75, 3.05) is 5.73 Å². The van der Waals surface area contributed by atoms with Crippen LogP contribution in [0.5, 0.6) is 0 Å². The second kappa shape index (κ2) is 3.05. The van der Waals surface area contributed by atoms with E-state index in [2.05, 4.69) is 37.5 Å². The molecule has 0 saturated heterocycles. The molecule has 14 heavy (non-hydrogen) atoms. The third-order valence-electron chi connectivity index (χ3n) is 2.60. The third-order valence-corrected chi connectivity index (χ3v) is 2.60. The van der Waals surface area contributed by atoms with Crippen molar-refractivity contribution < 1.29 is 0 Å². The van der Waals surface area contributed by atoms with Gasteiger partial charge in [0.25, 0.3) is 0 Å². The summed E-state index contributed by atoms with van der Waals surface area (Å²) in [6.45, 7) is 6.48. The van der Waals surface area contributed by atoms with Crippen LogP contribution in [0.15, 0.2) is 24.3 Å². The second-order valence-corrected chi connectivity index (χ2v) is 4.03. The van der Waals surface area contributed by atoms with Crippen molar-refractivity contribution in [1.82, 2.24) is 4.57 Å². The van der Waals surface area contributed by atoms with Gasteiger partial charge < -0.3 is 10.3 Å². The highest BCUT2D eigenvalue weighted by Gasteiger charge is 2.09. The zero-order valence-corrected chi connectivity index (χ0v) is 8.91. The summed E-state index contributed by atoms with van der Waals surface area (Å²) < 4.78 is 2.28. The molecular formula is C12H16N2. The first-order valence-corrected chi connectivity index (χ1v) is 4.97. The monoisotopic (exact) mass is 188 g/mol. The lowest BCUT2D eigenvalue weighted by Gasteiger charge is -2.13. The minimum atomic E-state index is 0.456. The first kappa shape index (κ1) is 9.13. The van der Waals surface area contributed by atoms with E-state index in [1.54, 1.807) is 0 Å². The molecule has 0 saturated carbocycles. The number of nitrogen functional groups attached to an aromatic ring is 1. The molecule has 0 radical (unpaired) electrons. The zero-order valence-electron chi connectivity index (χ0n) is 8.91. The molecule has 2 heteroatoms. The fourth-order valence-corrected chi connectivity index (χ4v) is 2.11. The largest absolute Gasteiger partial charge is 0.397 e. The third kappa shape index (κ3) is 1.18. The normalized spacial score (nSPS) is 11.4. The average Bonchev–Trinajstić information content (AvgIpc) is 2.42. The number of hydrogen-bond donors (Lipinski definition) is 1. The number of anilines is 1. The Bertz CT molecular complexity index is 466. The summed E-state index contributed by atoms with van der Waals surface area (Å²) >= 11 is 0. The van der Waals surface area contributed by atoms with Crippen LogP contribution in [-0.2, 0) is 0 Å². The van der Waals surface area contributed by atoms with E-state index in [1.165, 1.54) is 16.6 Å². The predicted octanol–water partition coefficient (Wildman–Crippen LogP) is 3.11. The lowest BCUT2D eigenvalue weighted by atomic mass is 10.2. The fraction of sp³-hybridized carbons (Fsp3) is 0.333. The highest BCUT2D eigenvalue weighted by atomic mass is 15.0. The molecule has 2 nitrogen and oxygen atoms in total. The Morgan fingerprint density at radius 2 is 2.00 bits per heavy atom. The van der Waals surface area contributed by atoms with Crippen LogP contribution in [-0.4, -0.2) is 4.57 Å². The van der Waals surface area contributed by atoms with Crippen molar-refractivity contribution in [2.45, 2.75) is 26.8 Å². The summed E-state index contributed by atoms with van der Waals surface area (Å²) in [5.74, 6) is 0. The Labute approximate surface area is 84.3 Å². The molecule has 0 spiro atoms. The molecule has 0 aliphatic carbocycles. The summed E-state index contributed by atoms with van der Waals surface area (Å²) in [5.41, 5.74) is 9.29. The first-order valence-electron chi connectivity index (χ1n) is 4.97. The predicted molar refractivity (Wildman–Crippen MR) is 61.5 cm³/mol. The van der Waals surface area contributed by atoms with E-state index < -0.39 is 0 Å². The zero-order chi connectivity index (χ0) is 10.3. The molecule has 0 atom stereocenters. The van der Waals surface area contributed by atoms with Crippen molar-refractivity contribution in [3.8, 4) is 0 Å². The van der Waals surface area contributed by atoms with Crippen LogP contribution in [0.4, 0.5) is 5.69 Å². The van der Waals surface area contributed by atoms with E-state index in [0.29, 0.717) is 6.04 Å². The number of aryl methyl sites for hydroxylation is 1. The van der Waals surface area contributed by atoms with Crippen LogP contribution >= 0.6 is 0 Å². The van der Waals surface area contributed by atoms with Gasteiger partial charge in [0.1, 0.15) is 0 Å². The molecule has 2 N–H and O–H groups in total. The van der Waals surface area contributed by atoms with Crippen LogP contribution in [0.3, 0.4) is 0 Å². The molecule has 0 unspecified atom stereocenters. The van der Waals surface area contributed by atoms with Gasteiger partial charge in [-0.25, -0.2) is 0 Å². The van der Waals surface area contributed by atoms with Crippen LogP contribution in [0, 0.1) is 6.92 Å². The molecule has 0 fully saturated rings. The summed E-state index contributed by atoms with van der Waals surface area (Å²) in [7, 11) is 0. The number of benzene rings is 1. The Morgan fingerprint density at radius 3 is 2.64 bits per heavy atom. The maximum absolute atomic E-state index is 5.99. The summed E-state index contributed by atoms with van der Waals surface area (Å²) in [6, 6.07) is 8.71. The lowest BCUT2D eigenvalue weighted by Crippen LogP contribution is -2.03. The van der Waals surface area contributed by atoms with Crippen molar-refractivity contribution in [3.05, 3.63) is 30.0 Å². The number of nitrogens with two attached hydrogens (primary N) is 1. The van der Waals surface area contributed by atoms with E-state index in [9.17, 15) is 0 Å². The van der Waals surface area contributed by atoms with E-state index >= 15 is 0 Å². The van der Waals surface area contributed by atoms with Gasteiger partial charge in [0.15, 0.2) is 0 Å². The average molecular weight is 188 g/mol.